The predicted molar refractivity (Wildman–Crippen MR) is 88.0 cm³/mol. The van der Waals surface area contributed by atoms with Crippen LogP contribution >= 0.6 is 0 Å². The standard InChI is InChI=1S/C16H16N4O5/c1-25-14-5-4-12(20(23)24)7-11(14)8-13(15(17)21)19-16(22)10-3-2-6-18-9-10/h2-7,9,13H,8H2,1H3,(H2,17,21)(H,19,22)/t13-/m1/s1. The van der Waals surface area contributed by atoms with Gasteiger partial charge in [0.05, 0.1) is 17.6 Å². The minimum absolute atomic E-state index is 0.0494. The Balaban J connectivity index is 2.24. The first kappa shape index (κ1) is 17.9. The lowest BCUT2D eigenvalue weighted by atomic mass is 10.0. The topological polar surface area (TPSA) is 137 Å². The number of carbonyl (C=O) groups is 2. The van der Waals surface area contributed by atoms with E-state index in [1.165, 1.54) is 43.8 Å². The van der Waals surface area contributed by atoms with Crippen LogP contribution in [0.15, 0.2) is 42.7 Å². The van der Waals surface area contributed by atoms with Gasteiger partial charge in [0.2, 0.25) is 5.91 Å². The third-order valence-corrected chi connectivity index (χ3v) is 3.47. The number of pyridine rings is 1. The number of methoxy groups -OCH3 is 1. The van der Waals surface area contributed by atoms with Crippen LogP contribution in [0.1, 0.15) is 15.9 Å². The van der Waals surface area contributed by atoms with Crippen LogP contribution in [-0.4, -0.2) is 34.9 Å². The Morgan fingerprint density at radius 1 is 1.40 bits per heavy atom. The monoisotopic (exact) mass is 344 g/mol. The highest BCUT2D eigenvalue weighted by molar-refractivity contribution is 5.97. The quantitative estimate of drug-likeness (QED) is 0.563. The van der Waals surface area contributed by atoms with Crippen LogP contribution in [0.4, 0.5) is 5.69 Å². The molecule has 1 heterocycles. The van der Waals surface area contributed by atoms with Gasteiger partial charge in [0.25, 0.3) is 11.6 Å². The Morgan fingerprint density at radius 2 is 2.16 bits per heavy atom. The number of nitrogens with one attached hydrogen (secondary N) is 1. The zero-order valence-corrected chi connectivity index (χ0v) is 13.3. The van der Waals surface area contributed by atoms with Crippen LogP contribution in [0.5, 0.6) is 5.75 Å². The molecular formula is C16H16N4O5. The SMILES string of the molecule is COc1ccc([N+](=O)[O-])cc1C[C@@H](NC(=O)c1cccnc1)C(N)=O. The molecule has 0 fully saturated rings. The number of ether oxygens (including phenoxy) is 1. The van der Waals surface area contributed by atoms with E-state index in [0.717, 1.165) is 0 Å². The average Bonchev–Trinajstić information content (AvgIpc) is 2.61. The number of benzene rings is 1. The zero-order chi connectivity index (χ0) is 18.4. The summed E-state index contributed by atoms with van der Waals surface area (Å²) in [6.07, 6.45) is 2.81. The van der Waals surface area contributed by atoms with E-state index in [4.69, 9.17) is 10.5 Å². The fourth-order valence-electron chi connectivity index (χ4n) is 2.22. The smallest absolute Gasteiger partial charge is 0.269 e. The molecule has 0 unspecified atom stereocenters. The number of aromatic nitrogens is 1. The first-order valence-electron chi connectivity index (χ1n) is 7.24. The van der Waals surface area contributed by atoms with Crippen molar-refractivity contribution in [3.8, 4) is 5.75 Å². The van der Waals surface area contributed by atoms with Gasteiger partial charge in [0, 0.05) is 36.5 Å². The Kier molecular flexibility index (Phi) is 5.62. The van der Waals surface area contributed by atoms with Crippen LogP contribution in [0.25, 0.3) is 0 Å². The maximum Gasteiger partial charge on any atom is 0.269 e. The first-order valence-corrected chi connectivity index (χ1v) is 7.24. The van der Waals surface area contributed by atoms with Gasteiger partial charge in [-0.1, -0.05) is 0 Å². The summed E-state index contributed by atoms with van der Waals surface area (Å²) in [5.74, 6) is -0.945. The van der Waals surface area contributed by atoms with Gasteiger partial charge in [-0.2, -0.15) is 0 Å². The molecule has 130 valence electrons. The minimum Gasteiger partial charge on any atom is -0.496 e. The van der Waals surface area contributed by atoms with E-state index in [9.17, 15) is 19.7 Å². The Bertz CT molecular complexity index is 794. The lowest BCUT2D eigenvalue weighted by Crippen LogP contribution is -2.45. The van der Waals surface area contributed by atoms with Gasteiger partial charge in [0.1, 0.15) is 11.8 Å². The highest BCUT2D eigenvalue weighted by atomic mass is 16.6. The van der Waals surface area contributed by atoms with Gasteiger partial charge in [-0.3, -0.25) is 24.7 Å². The van der Waals surface area contributed by atoms with Crippen LogP contribution < -0.4 is 15.8 Å². The largest absolute Gasteiger partial charge is 0.496 e. The average molecular weight is 344 g/mol. The van der Waals surface area contributed by atoms with Crippen molar-refractivity contribution in [2.24, 2.45) is 5.73 Å². The summed E-state index contributed by atoms with van der Waals surface area (Å²) in [6.45, 7) is 0. The second-order valence-corrected chi connectivity index (χ2v) is 5.13. The van der Waals surface area contributed by atoms with E-state index in [1.807, 2.05) is 0 Å². The molecule has 2 rings (SSSR count). The molecule has 9 heteroatoms. The number of non-ortho nitro benzene ring substituents is 1. The number of rotatable bonds is 7. The molecule has 0 aliphatic rings. The highest BCUT2D eigenvalue weighted by Gasteiger charge is 2.22. The number of amides is 2. The number of nitro benzene ring substituents is 1. The number of nitrogens with two attached hydrogens (primary N) is 1. The molecule has 0 aliphatic carbocycles. The van der Waals surface area contributed by atoms with E-state index in [1.54, 1.807) is 6.07 Å². The van der Waals surface area contributed by atoms with Crippen molar-refractivity contribution >= 4 is 17.5 Å². The van der Waals surface area contributed by atoms with Crippen molar-refractivity contribution in [2.75, 3.05) is 7.11 Å². The second-order valence-electron chi connectivity index (χ2n) is 5.13. The van der Waals surface area contributed by atoms with Crippen molar-refractivity contribution < 1.29 is 19.2 Å². The van der Waals surface area contributed by atoms with E-state index in [2.05, 4.69) is 10.3 Å². The van der Waals surface area contributed by atoms with Crippen LogP contribution in [0.2, 0.25) is 0 Å². The lowest BCUT2D eigenvalue weighted by Gasteiger charge is -2.17. The molecule has 0 saturated heterocycles. The normalized spacial score (nSPS) is 11.4. The summed E-state index contributed by atoms with van der Waals surface area (Å²) in [6, 6.07) is 6.05. The third-order valence-electron chi connectivity index (χ3n) is 3.47. The van der Waals surface area contributed by atoms with Crippen LogP contribution in [-0.2, 0) is 11.2 Å². The molecule has 0 spiro atoms. The molecule has 0 aliphatic heterocycles. The molecule has 2 amide bonds. The Hall–Kier alpha value is -3.49. The second kappa shape index (κ2) is 7.86. The van der Waals surface area contributed by atoms with Gasteiger partial charge in [-0.15, -0.1) is 0 Å². The molecule has 2 aromatic rings. The van der Waals surface area contributed by atoms with Gasteiger partial charge in [0.15, 0.2) is 0 Å². The molecular weight excluding hydrogens is 328 g/mol. The van der Waals surface area contributed by atoms with Crippen molar-refractivity contribution in [1.82, 2.24) is 10.3 Å². The van der Waals surface area contributed by atoms with Gasteiger partial charge < -0.3 is 15.8 Å². The fraction of sp³-hybridized carbons (Fsp3) is 0.188. The summed E-state index contributed by atoms with van der Waals surface area (Å²) in [5, 5.41) is 13.4. The molecule has 3 N–H and O–H groups in total. The van der Waals surface area contributed by atoms with E-state index in [0.29, 0.717) is 11.3 Å². The predicted octanol–water partition coefficient (Wildman–Crippen LogP) is 0.825. The summed E-state index contributed by atoms with van der Waals surface area (Å²) in [5.41, 5.74) is 5.85. The van der Waals surface area contributed by atoms with Gasteiger partial charge in [-0.05, 0) is 18.2 Å². The first-order chi connectivity index (χ1) is 11.9. The van der Waals surface area contributed by atoms with Crippen LogP contribution in [0.3, 0.4) is 0 Å². The molecule has 9 nitrogen and oxygen atoms in total. The molecule has 1 aromatic carbocycles. The number of nitrogens with zero attached hydrogens (tertiary/aromatic N) is 2. The zero-order valence-electron chi connectivity index (χ0n) is 13.3. The Labute approximate surface area is 143 Å². The fourth-order valence-corrected chi connectivity index (χ4v) is 2.22. The van der Waals surface area contributed by atoms with E-state index < -0.39 is 22.8 Å². The summed E-state index contributed by atoms with van der Waals surface area (Å²) in [4.78, 5) is 38.1. The molecule has 0 radical (unpaired) electrons. The third kappa shape index (κ3) is 4.50. The lowest BCUT2D eigenvalue weighted by molar-refractivity contribution is -0.384. The minimum atomic E-state index is -1.07. The maximum atomic E-state index is 12.2. The van der Waals surface area contributed by atoms with E-state index in [-0.39, 0.29) is 17.7 Å². The van der Waals surface area contributed by atoms with Crippen molar-refractivity contribution in [1.29, 1.82) is 0 Å². The number of primary amides is 1. The van der Waals surface area contributed by atoms with Crippen molar-refractivity contribution in [3.63, 3.8) is 0 Å². The summed E-state index contributed by atoms with van der Waals surface area (Å²) in [7, 11) is 1.40. The summed E-state index contributed by atoms with van der Waals surface area (Å²) < 4.78 is 5.15. The number of hydrogen-bond donors (Lipinski definition) is 2. The molecule has 25 heavy (non-hydrogen) atoms. The number of nitro groups is 1. The highest BCUT2D eigenvalue weighted by Crippen LogP contribution is 2.25. The molecule has 1 aromatic heterocycles. The molecule has 0 bridgehead atoms. The van der Waals surface area contributed by atoms with E-state index >= 15 is 0 Å². The van der Waals surface area contributed by atoms with Gasteiger partial charge in [-0.25, -0.2) is 0 Å². The number of carbonyl (C=O) groups excluding carboxylic acids is 2. The molecule has 0 saturated carbocycles. The summed E-state index contributed by atoms with van der Waals surface area (Å²) >= 11 is 0. The van der Waals surface area contributed by atoms with Crippen LogP contribution in [0, 0.1) is 10.1 Å². The maximum absolute atomic E-state index is 12.2. The molecule has 1 atom stereocenters. The van der Waals surface area contributed by atoms with Gasteiger partial charge >= 0.3 is 0 Å². The van der Waals surface area contributed by atoms with Crippen molar-refractivity contribution in [2.45, 2.75) is 12.5 Å². The number of hydrogen-bond acceptors (Lipinski definition) is 6. The Morgan fingerprint density at radius 3 is 2.72 bits per heavy atom. The van der Waals surface area contributed by atoms with Crippen molar-refractivity contribution in [3.05, 3.63) is 64.0 Å².